The third kappa shape index (κ3) is 4.02. The van der Waals surface area contributed by atoms with E-state index in [0.717, 1.165) is 40.1 Å². The van der Waals surface area contributed by atoms with E-state index in [2.05, 4.69) is 5.32 Å². The quantitative estimate of drug-likeness (QED) is 0.849. The Hall–Kier alpha value is -2.05. The maximum Gasteiger partial charge on any atom is 0.241 e. The highest BCUT2D eigenvalue weighted by atomic mass is 35.5. The average Bonchev–Trinajstić information content (AvgIpc) is 2.94. The number of halogens is 1. The molecule has 0 saturated carbocycles. The second-order valence-corrected chi connectivity index (χ2v) is 8.90. The summed E-state index contributed by atoms with van der Waals surface area (Å²) in [6.07, 6.45) is 2.73. The van der Waals surface area contributed by atoms with Crippen LogP contribution in [0.25, 0.3) is 0 Å². The van der Waals surface area contributed by atoms with Gasteiger partial charge in [-0.2, -0.15) is 0 Å². The molecule has 0 saturated heterocycles. The Morgan fingerprint density at radius 1 is 1.27 bits per heavy atom. The minimum atomic E-state index is -3.58. The zero-order chi connectivity index (χ0) is 18.9. The predicted octanol–water partition coefficient (Wildman–Crippen LogP) is 3.22. The lowest BCUT2D eigenvalue weighted by Crippen LogP contribution is -2.41. The number of rotatable bonds is 5. The molecule has 26 heavy (non-hydrogen) atoms. The largest absolute Gasteiger partial charge is 0.348 e. The molecule has 138 valence electrons. The molecular formula is C19H21ClN2O3S. The minimum Gasteiger partial charge on any atom is -0.348 e. The van der Waals surface area contributed by atoms with Crippen LogP contribution in [0.5, 0.6) is 0 Å². The van der Waals surface area contributed by atoms with Gasteiger partial charge in [0.1, 0.15) is 6.54 Å². The van der Waals surface area contributed by atoms with E-state index in [1.54, 1.807) is 18.2 Å². The van der Waals surface area contributed by atoms with Crippen molar-refractivity contribution in [2.75, 3.05) is 17.1 Å². The van der Waals surface area contributed by atoms with E-state index in [0.29, 0.717) is 10.7 Å². The van der Waals surface area contributed by atoms with Crippen LogP contribution in [0.1, 0.15) is 29.2 Å². The van der Waals surface area contributed by atoms with Gasteiger partial charge in [0.2, 0.25) is 15.9 Å². The number of aryl methyl sites for hydroxylation is 2. The number of amides is 1. The summed E-state index contributed by atoms with van der Waals surface area (Å²) < 4.78 is 25.6. The van der Waals surface area contributed by atoms with Crippen LogP contribution >= 0.6 is 11.6 Å². The Kier molecular flexibility index (Phi) is 5.25. The Labute approximate surface area is 159 Å². The summed E-state index contributed by atoms with van der Waals surface area (Å²) in [5.74, 6) is -0.327. The molecule has 0 heterocycles. The minimum absolute atomic E-state index is 0.118. The van der Waals surface area contributed by atoms with Crippen molar-refractivity contribution in [3.8, 4) is 0 Å². The first-order valence-corrected chi connectivity index (χ1v) is 10.6. The van der Waals surface area contributed by atoms with Crippen LogP contribution in [0.4, 0.5) is 5.69 Å². The highest BCUT2D eigenvalue weighted by Gasteiger charge is 2.27. The highest BCUT2D eigenvalue weighted by molar-refractivity contribution is 7.92. The van der Waals surface area contributed by atoms with Crippen molar-refractivity contribution >= 4 is 33.2 Å². The van der Waals surface area contributed by atoms with Gasteiger partial charge in [0.05, 0.1) is 18.0 Å². The van der Waals surface area contributed by atoms with Gasteiger partial charge >= 0.3 is 0 Å². The molecule has 1 amide bonds. The molecule has 0 aliphatic heterocycles. The Balaban J connectivity index is 1.77. The SMILES string of the molecule is Cc1ccccc1N(CC(=O)NC1CCc2cc(Cl)ccc21)S(C)(=O)=O. The van der Waals surface area contributed by atoms with Gasteiger partial charge in [-0.15, -0.1) is 0 Å². The van der Waals surface area contributed by atoms with Gasteiger partial charge in [-0.3, -0.25) is 9.10 Å². The number of carbonyl (C=O) groups excluding carboxylic acids is 1. The fourth-order valence-corrected chi connectivity index (χ4v) is 4.44. The molecule has 0 aromatic heterocycles. The normalized spacial score (nSPS) is 16.2. The predicted molar refractivity (Wildman–Crippen MR) is 104 cm³/mol. The number of carbonyl (C=O) groups is 1. The molecule has 2 aromatic carbocycles. The Morgan fingerprint density at radius 3 is 2.69 bits per heavy atom. The van der Waals surface area contributed by atoms with Crippen molar-refractivity contribution in [1.29, 1.82) is 0 Å². The van der Waals surface area contributed by atoms with E-state index < -0.39 is 10.0 Å². The van der Waals surface area contributed by atoms with E-state index in [1.807, 2.05) is 31.2 Å². The fraction of sp³-hybridized carbons (Fsp3) is 0.316. The number of nitrogens with one attached hydrogen (secondary N) is 1. The first-order valence-electron chi connectivity index (χ1n) is 8.37. The topological polar surface area (TPSA) is 66.5 Å². The zero-order valence-corrected chi connectivity index (χ0v) is 16.3. The smallest absolute Gasteiger partial charge is 0.241 e. The molecule has 0 bridgehead atoms. The average molecular weight is 393 g/mol. The number of sulfonamides is 1. The molecule has 7 heteroatoms. The molecule has 1 unspecified atom stereocenters. The number of anilines is 1. The van der Waals surface area contributed by atoms with Crippen molar-refractivity contribution in [2.24, 2.45) is 0 Å². The fourth-order valence-electron chi connectivity index (χ4n) is 3.33. The standard InChI is InChI=1S/C19H21ClN2O3S/c1-13-5-3-4-6-18(13)22(26(2,24)25)12-19(23)21-17-10-7-14-11-15(20)8-9-16(14)17/h3-6,8-9,11,17H,7,10,12H2,1-2H3,(H,21,23). The van der Waals surface area contributed by atoms with E-state index >= 15 is 0 Å². The molecule has 1 aliphatic rings. The second-order valence-electron chi connectivity index (χ2n) is 6.56. The zero-order valence-electron chi connectivity index (χ0n) is 14.7. The number of para-hydroxylation sites is 1. The Morgan fingerprint density at radius 2 is 2.00 bits per heavy atom. The number of fused-ring (bicyclic) bond motifs is 1. The lowest BCUT2D eigenvalue weighted by atomic mass is 10.1. The maximum atomic E-state index is 12.6. The van der Waals surface area contributed by atoms with Crippen molar-refractivity contribution < 1.29 is 13.2 Å². The van der Waals surface area contributed by atoms with Crippen molar-refractivity contribution in [3.05, 3.63) is 64.2 Å². The monoisotopic (exact) mass is 392 g/mol. The van der Waals surface area contributed by atoms with E-state index in [1.165, 1.54) is 0 Å². The lowest BCUT2D eigenvalue weighted by Gasteiger charge is -2.24. The van der Waals surface area contributed by atoms with Crippen molar-refractivity contribution in [2.45, 2.75) is 25.8 Å². The lowest BCUT2D eigenvalue weighted by molar-refractivity contribution is -0.120. The summed E-state index contributed by atoms with van der Waals surface area (Å²) in [5.41, 5.74) is 3.49. The van der Waals surface area contributed by atoms with Crippen LogP contribution < -0.4 is 9.62 Å². The molecule has 0 radical (unpaired) electrons. The van der Waals surface area contributed by atoms with Crippen LogP contribution in [0.15, 0.2) is 42.5 Å². The van der Waals surface area contributed by atoms with E-state index in [4.69, 9.17) is 11.6 Å². The van der Waals surface area contributed by atoms with Crippen molar-refractivity contribution in [1.82, 2.24) is 5.32 Å². The second kappa shape index (κ2) is 7.29. The number of benzene rings is 2. The van der Waals surface area contributed by atoms with Crippen LogP contribution in [0.2, 0.25) is 5.02 Å². The number of nitrogens with zero attached hydrogens (tertiary/aromatic N) is 1. The van der Waals surface area contributed by atoms with Gasteiger partial charge in [-0.25, -0.2) is 8.42 Å². The summed E-state index contributed by atoms with van der Waals surface area (Å²) in [7, 11) is -3.58. The molecule has 3 rings (SSSR count). The van der Waals surface area contributed by atoms with Crippen LogP contribution in [-0.2, 0) is 21.2 Å². The molecule has 1 aliphatic carbocycles. The summed E-state index contributed by atoms with van der Waals surface area (Å²) in [4.78, 5) is 12.6. The summed E-state index contributed by atoms with van der Waals surface area (Å²) in [6, 6.07) is 12.6. The van der Waals surface area contributed by atoms with Gasteiger partial charge in [0.15, 0.2) is 0 Å². The number of hydrogen-bond donors (Lipinski definition) is 1. The molecule has 2 aromatic rings. The molecule has 0 fully saturated rings. The van der Waals surface area contributed by atoms with Gasteiger partial charge in [0.25, 0.3) is 0 Å². The summed E-state index contributed by atoms with van der Waals surface area (Å²) in [6.45, 7) is 1.57. The summed E-state index contributed by atoms with van der Waals surface area (Å²) in [5, 5.41) is 3.64. The third-order valence-corrected chi connectivity index (χ3v) is 5.95. The van der Waals surface area contributed by atoms with Crippen LogP contribution in [0.3, 0.4) is 0 Å². The molecular weight excluding hydrogens is 372 g/mol. The molecule has 0 spiro atoms. The van der Waals surface area contributed by atoms with Gasteiger partial charge in [-0.1, -0.05) is 35.9 Å². The van der Waals surface area contributed by atoms with Crippen LogP contribution in [-0.4, -0.2) is 27.1 Å². The van der Waals surface area contributed by atoms with Gasteiger partial charge in [-0.05, 0) is 54.7 Å². The molecule has 1 atom stereocenters. The third-order valence-electron chi connectivity index (χ3n) is 4.59. The molecule has 5 nitrogen and oxygen atoms in total. The van der Waals surface area contributed by atoms with Crippen LogP contribution in [0, 0.1) is 6.92 Å². The van der Waals surface area contributed by atoms with Gasteiger partial charge < -0.3 is 5.32 Å². The highest BCUT2D eigenvalue weighted by Crippen LogP contribution is 2.33. The summed E-state index contributed by atoms with van der Waals surface area (Å²) >= 11 is 6.02. The van der Waals surface area contributed by atoms with E-state index in [9.17, 15) is 13.2 Å². The first-order chi connectivity index (χ1) is 12.3. The Bertz CT molecular complexity index is 944. The number of hydrogen-bond acceptors (Lipinski definition) is 3. The first kappa shape index (κ1) is 18.7. The maximum absolute atomic E-state index is 12.6. The molecule has 1 N–H and O–H groups in total. The van der Waals surface area contributed by atoms with E-state index in [-0.39, 0.29) is 18.5 Å². The van der Waals surface area contributed by atoms with Crippen molar-refractivity contribution in [3.63, 3.8) is 0 Å². The van der Waals surface area contributed by atoms with Gasteiger partial charge in [0, 0.05) is 5.02 Å².